The van der Waals surface area contributed by atoms with Crippen LogP contribution in [0.2, 0.25) is 5.02 Å². The molecule has 0 spiro atoms. The number of rotatable bonds is 3. The lowest BCUT2D eigenvalue weighted by Crippen LogP contribution is -2.13. The second-order valence-corrected chi connectivity index (χ2v) is 7.08. The van der Waals surface area contributed by atoms with Gasteiger partial charge < -0.3 is 11.1 Å². The standard InChI is InChI=1S/C20H14ClN3OS/c21-13-7-5-12(6-8-13)20(25)24-18-10-9-15(19(22)23-18)16-11-26-17-4-2-1-3-14(16)17/h1-11H,(H3,22,23,24,25). The molecule has 4 aromatic rings. The van der Waals surface area contributed by atoms with Gasteiger partial charge in [-0.2, -0.15) is 0 Å². The lowest BCUT2D eigenvalue weighted by molar-refractivity contribution is 0.102. The van der Waals surface area contributed by atoms with Gasteiger partial charge in [0.15, 0.2) is 0 Å². The van der Waals surface area contributed by atoms with Gasteiger partial charge in [0.05, 0.1) is 0 Å². The largest absolute Gasteiger partial charge is 0.383 e. The highest BCUT2D eigenvalue weighted by atomic mass is 35.5. The number of nitrogens with one attached hydrogen (secondary N) is 1. The second-order valence-electron chi connectivity index (χ2n) is 5.74. The first-order valence-electron chi connectivity index (χ1n) is 7.92. The van der Waals surface area contributed by atoms with Crippen molar-refractivity contribution in [3.63, 3.8) is 0 Å². The van der Waals surface area contributed by atoms with Gasteiger partial charge in [-0.3, -0.25) is 4.79 Å². The highest BCUT2D eigenvalue weighted by molar-refractivity contribution is 7.17. The van der Waals surface area contributed by atoms with Crippen molar-refractivity contribution in [1.82, 2.24) is 4.98 Å². The van der Waals surface area contributed by atoms with Crippen LogP contribution in [0.3, 0.4) is 0 Å². The van der Waals surface area contributed by atoms with Gasteiger partial charge in [-0.25, -0.2) is 4.98 Å². The summed E-state index contributed by atoms with van der Waals surface area (Å²) < 4.78 is 1.20. The van der Waals surface area contributed by atoms with Crippen LogP contribution >= 0.6 is 22.9 Å². The Hall–Kier alpha value is -2.89. The topological polar surface area (TPSA) is 68.0 Å². The van der Waals surface area contributed by atoms with Gasteiger partial charge in [-0.1, -0.05) is 29.8 Å². The van der Waals surface area contributed by atoms with Gasteiger partial charge in [0.2, 0.25) is 0 Å². The summed E-state index contributed by atoms with van der Waals surface area (Å²) >= 11 is 7.51. The van der Waals surface area contributed by atoms with Crippen molar-refractivity contribution >= 4 is 50.6 Å². The lowest BCUT2D eigenvalue weighted by atomic mass is 10.1. The lowest BCUT2D eigenvalue weighted by Gasteiger charge is -2.09. The van der Waals surface area contributed by atoms with E-state index < -0.39 is 0 Å². The summed E-state index contributed by atoms with van der Waals surface area (Å²) in [6, 6.07) is 18.5. The number of anilines is 2. The molecule has 0 aliphatic carbocycles. The Morgan fingerprint density at radius 3 is 2.54 bits per heavy atom. The zero-order valence-corrected chi connectivity index (χ0v) is 15.1. The molecule has 2 heterocycles. The molecule has 0 bridgehead atoms. The van der Waals surface area contributed by atoms with Crippen LogP contribution in [-0.4, -0.2) is 10.9 Å². The fourth-order valence-electron chi connectivity index (χ4n) is 2.75. The molecule has 2 aromatic heterocycles. The number of halogens is 1. The van der Waals surface area contributed by atoms with E-state index in [0.29, 0.717) is 22.2 Å². The monoisotopic (exact) mass is 379 g/mol. The Kier molecular flexibility index (Phi) is 4.32. The van der Waals surface area contributed by atoms with Crippen molar-refractivity contribution in [2.24, 2.45) is 0 Å². The minimum atomic E-state index is -0.262. The highest BCUT2D eigenvalue weighted by Gasteiger charge is 2.12. The number of carbonyl (C=O) groups is 1. The normalized spacial score (nSPS) is 10.8. The van der Waals surface area contributed by atoms with Gasteiger partial charge in [0.25, 0.3) is 5.91 Å². The molecule has 0 unspecified atom stereocenters. The van der Waals surface area contributed by atoms with Crippen LogP contribution < -0.4 is 11.1 Å². The smallest absolute Gasteiger partial charge is 0.256 e. The number of hydrogen-bond donors (Lipinski definition) is 2. The maximum atomic E-state index is 12.3. The zero-order chi connectivity index (χ0) is 18.1. The molecule has 0 fully saturated rings. The number of hydrogen-bond acceptors (Lipinski definition) is 4. The number of thiophene rings is 1. The minimum Gasteiger partial charge on any atom is -0.383 e. The third kappa shape index (κ3) is 3.14. The van der Waals surface area contributed by atoms with Crippen LogP contribution in [0.1, 0.15) is 10.4 Å². The Morgan fingerprint density at radius 1 is 1.00 bits per heavy atom. The number of benzene rings is 2. The van der Waals surface area contributed by atoms with Crippen molar-refractivity contribution in [2.75, 3.05) is 11.1 Å². The summed E-state index contributed by atoms with van der Waals surface area (Å²) in [6.07, 6.45) is 0. The number of aromatic nitrogens is 1. The first-order chi connectivity index (χ1) is 12.6. The number of pyridine rings is 1. The van der Waals surface area contributed by atoms with Gasteiger partial charge in [-0.05, 0) is 47.8 Å². The van der Waals surface area contributed by atoms with E-state index in [2.05, 4.69) is 27.8 Å². The van der Waals surface area contributed by atoms with E-state index >= 15 is 0 Å². The molecule has 0 radical (unpaired) electrons. The van der Waals surface area contributed by atoms with E-state index in [1.54, 1.807) is 41.7 Å². The van der Waals surface area contributed by atoms with Crippen LogP contribution in [0.4, 0.5) is 11.6 Å². The average Bonchev–Trinajstić information content (AvgIpc) is 3.06. The number of nitrogen functional groups attached to an aromatic ring is 1. The second kappa shape index (κ2) is 6.78. The van der Waals surface area contributed by atoms with Gasteiger partial charge >= 0.3 is 0 Å². The molecule has 0 atom stereocenters. The molecule has 0 aliphatic rings. The number of nitrogens with zero attached hydrogens (tertiary/aromatic N) is 1. The number of amides is 1. The Bertz CT molecular complexity index is 1110. The SMILES string of the molecule is Nc1nc(NC(=O)c2ccc(Cl)cc2)ccc1-c1csc2ccccc12. The summed E-state index contributed by atoms with van der Waals surface area (Å²) in [4.78, 5) is 16.6. The maximum Gasteiger partial charge on any atom is 0.256 e. The summed E-state index contributed by atoms with van der Waals surface area (Å²) in [5, 5.41) is 6.55. The van der Waals surface area contributed by atoms with Gasteiger partial charge in [0.1, 0.15) is 11.6 Å². The van der Waals surface area contributed by atoms with E-state index in [1.807, 2.05) is 18.2 Å². The van der Waals surface area contributed by atoms with Crippen LogP contribution in [0, 0.1) is 0 Å². The van der Waals surface area contributed by atoms with Crippen LogP contribution in [0.15, 0.2) is 66.0 Å². The summed E-state index contributed by atoms with van der Waals surface area (Å²) in [5.74, 6) is 0.524. The minimum absolute atomic E-state index is 0.262. The molecular formula is C20H14ClN3OS. The van der Waals surface area contributed by atoms with Gasteiger partial charge in [-0.15, -0.1) is 11.3 Å². The summed E-state index contributed by atoms with van der Waals surface area (Å²) in [7, 11) is 0. The fourth-order valence-corrected chi connectivity index (χ4v) is 3.84. The molecule has 1 amide bonds. The third-order valence-corrected chi connectivity index (χ3v) is 5.26. The summed E-state index contributed by atoms with van der Waals surface area (Å²) in [5.41, 5.74) is 8.57. The van der Waals surface area contributed by atoms with Crippen LogP contribution in [0.25, 0.3) is 21.2 Å². The van der Waals surface area contributed by atoms with Crippen LogP contribution in [-0.2, 0) is 0 Å². The number of fused-ring (bicyclic) bond motifs is 1. The predicted octanol–water partition coefficient (Wildman–Crippen LogP) is 5.45. The quantitative estimate of drug-likeness (QED) is 0.497. The van der Waals surface area contributed by atoms with E-state index in [-0.39, 0.29) is 5.91 Å². The van der Waals surface area contributed by atoms with Crippen molar-refractivity contribution in [3.8, 4) is 11.1 Å². The molecule has 128 valence electrons. The molecule has 3 N–H and O–H groups in total. The Morgan fingerprint density at radius 2 is 1.77 bits per heavy atom. The van der Waals surface area contributed by atoms with Gasteiger partial charge in [0, 0.05) is 31.8 Å². The zero-order valence-electron chi connectivity index (χ0n) is 13.6. The van der Waals surface area contributed by atoms with Crippen molar-refractivity contribution in [1.29, 1.82) is 0 Å². The fraction of sp³-hybridized carbons (Fsp3) is 0. The Balaban J connectivity index is 1.62. The highest BCUT2D eigenvalue weighted by Crippen LogP contribution is 2.36. The molecule has 6 heteroatoms. The summed E-state index contributed by atoms with van der Waals surface area (Å²) in [6.45, 7) is 0. The first-order valence-corrected chi connectivity index (χ1v) is 9.17. The number of carbonyl (C=O) groups excluding carboxylic acids is 1. The molecule has 4 nitrogen and oxygen atoms in total. The van der Waals surface area contributed by atoms with E-state index in [1.165, 1.54) is 4.70 Å². The average molecular weight is 380 g/mol. The molecule has 26 heavy (non-hydrogen) atoms. The molecule has 0 saturated carbocycles. The molecule has 2 aromatic carbocycles. The predicted molar refractivity (Wildman–Crippen MR) is 109 cm³/mol. The first kappa shape index (κ1) is 16.6. The van der Waals surface area contributed by atoms with Crippen molar-refractivity contribution in [3.05, 3.63) is 76.6 Å². The molecule has 0 aliphatic heterocycles. The van der Waals surface area contributed by atoms with E-state index in [0.717, 1.165) is 16.5 Å². The molecule has 4 rings (SSSR count). The third-order valence-electron chi connectivity index (χ3n) is 4.04. The number of nitrogens with two attached hydrogens (primary N) is 1. The Labute approximate surface area is 159 Å². The van der Waals surface area contributed by atoms with Crippen LogP contribution in [0.5, 0.6) is 0 Å². The van der Waals surface area contributed by atoms with Crippen molar-refractivity contribution < 1.29 is 4.79 Å². The van der Waals surface area contributed by atoms with Crippen molar-refractivity contribution in [2.45, 2.75) is 0 Å². The molecule has 0 saturated heterocycles. The van der Waals surface area contributed by atoms with E-state index in [4.69, 9.17) is 17.3 Å². The maximum absolute atomic E-state index is 12.3. The van der Waals surface area contributed by atoms with E-state index in [9.17, 15) is 4.79 Å². The molecular weight excluding hydrogens is 366 g/mol.